The van der Waals surface area contributed by atoms with Gasteiger partial charge >= 0.3 is 5.69 Å². The van der Waals surface area contributed by atoms with Crippen molar-refractivity contribution in [3.63, 3.8) is 0 Å². The maximum Gasteiger partial charge on any atom is 0.315 e. The molecule has 1 N–H and O–H groups in total. The zero-order valence-corrected chi connectivity index (χ0v) is 11.5. The van der Waals surface area contributed by atoms with Gasteiger partial charge in [-0.05, 0) is 35.8 Å². The molecule has 0 saturated carbocycles. The van der Waals surface area contributed by atoms with Gasteiger partial charge in [-0.15, -0.1) is 0 Å². The lowest BCUT2D eigenvalue weighted by Gasteiger charge is -2.17. The molecule has 0 radical (unpaired) electrons. The minimum atomic E-state index is -0.929. The normalized spacial score (nSPS) is 11.4. The number of hydrogen-bond donors (Lipinski definition) is 1. The lowest BCUT2D eigenvalue weighted by Crippen LogP contribution is -2.22. The molecule has 0 bridgehead atoms. The number of ether oxygens (including phenoxy) is 1. The smallest absolute Gasteiger partial charge is 0.315 e. The SMILES string of the molecule is CC(C)(O)CCOc1c(Br)cc(F)cc1[N+](=O)[O-]. The number of halogens is 2. The first-order chi connectivity index (χ1) is 8.20. The Kier molecular flexibility index (Phi) is 4.64. The molecule has 0 aliphatic heterocycles. The van der Waals surface area contributed by atoms with Crippen molar-refractivity contribution in [2.24, 2.45) is 0 Å². The van der Waals surface area contributed by atoms with Gasteiger partial charge < -0.3 is 9.84 Å². The van der Waals surface area contributed by atoms with Gasteiger partial charge in [0.15, 0.2) is 0 Å². The second-order valence-electron chi connectivity index (χ2n) is 4.40. The topological polar surface area (TPSA) is 72.6 Å². The van der Waals surface area contributed by atoms with Gasteiger partial charge in [0.2, 0.25) is 5.75 Å². The fraction of sp³-hybridized carbons (Fsp3) is 0.455. The number of aliphatic hydroxyl groups is 1. The highest BCUT2D eigenvalue weighted by Gasteiger charge is 2.21. The van der Waals surface area contributed by atoms with Crippen LogP contribution in [0, 0.1) is 15.9 Å². The molecule has 1 rings (SSSR count). The van der Waals surface area contributed by atoms with Gasteiger partial charge in [0.1, 0.15) is 5.82 Å². The van der Waals surface area contributed by atoms with Crippen LogP contribution < -0.4 is 4.74 Å². The number of benzene rings is 1. The van der Waals surface area contributed by atoms with Crippen LogP contribution in [0.2, 0.25) is 0 Å². The third-order valence-corrected chi connectivity index (χ3v) is 2.73. The first-order valence-electron chi connectivity index (χ1n) is 5.19. The van der Waals surface area contributed by atoms with Crippen LogP contribution in [-0.4, -0.2) is 22.2 Å². The van der Waals surface area contributed by atoms with E-state index in [1.807, 2.05) is 0 Å². The third kappa shape index (κ3) is 4.23. The molecule has 0 aliphatic carbocycles. The first-order valence-corrected chi connectivity index (χ1v) is 5.98. The van der Waals surface area contributed by atoms with Crippen LogP contribution in [-0.2, 0) is 0 Å². The molecule has 0 saturated heterocycles. The molecule has 1 aromatic carbocycles. The van der Waals surface area contributed by atoms with Crippen molar-refractivity contribution in [2.75, 3.05) is 6.61 Å². The molecule has 5 nitrogen and oxygen atoms in total. The zero-order chi connectivity index (χ0) is 13.9. The standard InChI is InChI=1S/C11H13BrFNO4/c1-11(2,15)3-4-18-10-8(12)5-7(13)6-9(10)14(16)17/h5-6,15H,3-4H2,1-2H3. The van der Waals surface area contributed by atoms with E-state index in [1.54, 1.807) is 13.8 Å². The maximum atomic E-state index is 13.0. The summed E-state index contributed by atoms with van der Waals surface area (Å²) in [5.74, 6) is -0.755. The predicted octanol–water partition coefficient (Wildman–Crippen LogP) is 3.04. The van der Waals surface area contributed by atoms with E-state index in [1.165, 1.54) is 0 Å². The Balaban J connectivity index is 2.91. The van der Waals surface area contributed by atoms with Crippen LogP contribution in [0.25, 0.3) is 0 Å². The van der Waals surface area contributed by atoms with Crippen molar-refractivity contribution in [1.29, 1.82) is 0 Å². The molecular formula is C11H13BrFNO4. The highest BCUT2D eigenvalue weighted by Crippen LogP contribution is 2.36. The Bertz CT molecular complexity index is 459. The van der Waals surface area contributed by atoms with Crippen molar-refractivity contribution in [1.82, 2.24) is 0 Å². The largest absolute Gasteiger partial charge is 0.486 e. The molecule has 0 atom stereocenters. The van der Waals surface area contributed by atoms with Gasteiger partial charge in [-0.1, -0.05) is 0 Å². The summed E-state index contributed by atoms with van der Waals surface area (Å²) in [5.41, 5.74) is -1.38. The molecule has 7 heteroatoms. The summed E-state index contributed by atoms with van der Waals surface area (Å²) in [5, 5.41) is 20.3. The van der Waals surface area contributed by atoms with E-state index in [0.717, 1.165) is 12.1 Å². The fourth-order valence-electron chi connectivity index (χ4n) is 1.23. The quantitative estimate of drug-likeness (QED) is 0.668. The Labute approximate surface area is 112 Å². The highest BCUT2D eigenvalue weighted by molar-refractivity contribution is 9.10. The van der Waals surface area contributed by atoms with Crippen LogP contribution in [0.5, 0.6) is 5.75 Å². The maximum absolute atomic E-state index is 13.0. The molecule has 0 fully saturated rings. The van der Waals surface area contributed by atoms with Crippen LogP contribution in [0.1, 0.15) is 20.3 Å². The van der Waals surface area contributed by atoms with Crippen LogP contribution in [0.15, 0.2) is 16.6 Å². The molecule has 0 aromatic heterocycles. The summed E-state index contributed by atoms with van der Waals surface area (Å²) < 4.78 is 18.5. The number of nitro benzene ring substituents is 1. The van der Waals surface area contributed by atoms with Crippen molar-refractivity contribution in [2.45, 2.75) is 25.9 Å². The van der Waals surface area contributed by atoms with E-state index < -0.39 is 22.0 Å². The molecule has 0 spiro atoms. The van der Waals surface area contributed by atoms with Crippen molar-refractivity contribution < 1.29 is 19.2 Å². The van der Waals surface area contributed by atoms with Crippen LogP contribution >= 0.6 is 15.9 Å². The number of rotatable bonds is 5. The Morgan fingerprint density at radius 2 is 2.17 bits per heavy atom. The highest BCUT2D eigenvalue weighted by atomic mass is 79.9. The summed E-state index contributed by atoms with van der Waals surface area (Å²) >= 11 is 3.01. The number of hydrogen-bond acceptors (Lipinski definition) is 4. The van der Waals surface area contributed by atoms with Gasteiger partial charge in [-0.3, -0.25) is 10.1 Å². The average Bonchev–Trinajstić information content (AvgIpc) is 2.18. The minimum absolute atomic E-state index is 0.0364. The van der Waals surface area contributed by atoms with Gasteiger partial charge in [0.05, 0.1) is 27.7 Å². The fourth-order valence-corrected chi connectivity index (χ4v) is 1.76. The molecule has 1 aromatic rings. The van der Waals surface area contributed by atoms with Crippen LogP contribution in [0.3, 0.4) is 0 Å². The lowest BCUT2D eigenvalue weighted by atomic mass is 10.1. The van der Waals surface area contributed by atoms with Gasteiger partial charge in [0.25, 0.3) is 0 Å². The monoisotopic (exact) mass is 321 g/mol. The zero-order valence-electron chi connectivity index (χ0n) is 9.94. The van der Waals surface area contributed by atoms with E-state index in [-0.39, 0.29) is 16.8 Å². The molecule has 100 valence electrons. The van der Waals surface area contributed by atoms with Crippen molar-refractivity contribution in [3.05, 3.63) is 32.5 Å². The predicted molar refractivity (Wildman–Crippen MR) is 67.2 cm³/mol. The van der Waals surface area contributed by atoms with E-state index in [0.29, 0.717) is 6.42 Å². The Hall–Kier alpha value is -1.21. The lowest BCUT2D eigenvalue weighted by molar-refractivity contribution is -0.386. The molecule has 0 amide bonds. The third-order valence-electron chi connectivity index (χ3n) is 2.15. The number of nitro groups is 1. The Morgan fingerprint density at radius 1 is 1.56 bits per heavy atom. The molecular weight excluding hydrogens is 309 g/mol. The van der Waals surface area contributed by atoms with E-state index in [2.05, 4.69) is 15.9 Å². The molecule has 18 heavy (non-hydrogen) atoms. The van der Waals surface area contributed by atoms with Crippen LogP contribution in [0.4, 0.5) is 10.1 Å². The van der Waals surface area contributed by atoms with Crippen molar-refractivity contribution >= 4 is 21.6 Å². The second kappa shape index (κ2) is 5.62. The average molecular weight is 322 g/mol. The summed E-state index contributed by atoms with van der Waals surface area (Å²) in [4.78, 5) is 10.1. The number of nitrogens with zero attached hydrogens (tertiary/aromatic N) is 1. The first kappa shape index (κ1) is 14.8. The molecule has 0 unspecified atom stereocenters. The van der Waals surface area contributed by atoms with E-state index in [9.17, 15) is 19.6 Å². The summed E-state index contributed by atoms with van der Waals surface area (Å²) in [7, 11) is 0. The summed E-state index contributed by atoms with van der Waals surface area (Å²) in [6, 6.07) is 1.89. The van der Waals surface area contributed by atoms with Gasteiger partial charge in [-0.25, -0.2) is 4.39 Å². The summed E-state index contributed by atoms with van der Waals surface area (Å²) in [6.45, 7) is 3.30. The summed E-state index contributed by atoms with van der Waals surface area (Å²) in [6.07, 6.45) is 0.300. The van der Waals surface area contributed by atoms with Gasteiger partial charge in [0, 0.05) is 6.42 Å². The Morgan fingerprint density at radius 3 is 2.67 bits per heavy atom. The van der Waals surface area contributed by atoms with E-state index in [4.69, 9.17) is 4.74 Å². The second-order valence-corrected chi connectivity index (χ2v) is 5.26. The van der Waals surface area contributed by atoms with Crippen molar-refractivity contribution in [3.8, 4) is 5.75 Å². The van der Waals surface area contributed by atoms with E-state index >= 15 is 0 Å². The minimum Gasteiger partial charge on any atom is -0.486 e. The van der Waals surface area contributed by atoms with Gasteiger partial charge in [-0.2, -0.15) is 0 Å². The molecule has 0 aliphatic rings. The molecule has 0 heterocycles.